The fourth-order valence-corrected chi connectivity index (χ4v) is 3.47. The van der Waals surface area contributed by atoms with Gasteiger partial charge in [-0.3, -0.25) is 9.80 Å². The maximum Gasteiger partial charge on any atom is 0.123 e. The molecule has 0 bridgehead atoms. The summed E-state index contributed by atoms with van der Waals surface area (Å²) in [5, 5.41) is 19.0. The summed E-state index contributed by atoms with van der Waals surface area (Å²) in [5.74, 6) is 0.0749. The zero-order valence-electron chi connectivity index (χ0n) is 14.3. The van der Waals surface area contributed by atoms with Gasteiger partial charge < -0.3 is 10.2 Å². The zero-order chi connectivity index (χ0) is 17.6. The standard InChI is InChI=1S/C20H25FN2O2/c21-18-6-4-16(5-7-18)14-23-10-9-22(15-19(23)8-11-24)13-17-2-1-3-20(25)12-17/h1-7,12,19,24-25H,8-11,13-15H2/t19-/m0/s1. The highest BCUT2D eigenvalue weighted by molar-refractivity contribution is 5.27. The molecule has 4 nitrogen and oxygen atoms in total. The number of nitrogens with zero attached hydrogens (tertiary/aromatic N) is 2. The van der Waals surface area contributed by atoms with Gasteiger partial charge in [-0.1, -0.05) is 24.3 Å². The summed E-state index contributed by atoms with van der Waals surface area (Å²) >= 11 is 0. The second-order valence-corrected chi connectivity index (χ2v) is 6.67. The van der Waals surface area contributed by atoms with Crippen LogP contribution in [0.1, 0.15) is 17.5 Å². The van der Waals surface area contributed by atoms with E-state index in [9.17, 15) is 14.6 Å². The van der Waals surface area contributed by atoms with E-state index in [-0.39, 0.29) is 18.5 Å². The molecule has 0 radical (unpaired) electrons. The van der Waals surface area contributed by atoms with Crippen LogP contribution in [0, 0.1) is 5.82 Å². The lowest BCUT2D eigenvalue weighted by atomic mass is 10.1. The van der Waals surface area contributed by atoms with Gasteiger partial charge >= 0.3 is 0 Å². The number of aromatic hydroxyl groups is 1. The largest absolute Gasteiger partial charge is 0.508 e. The third-order valence-corrected chi connectivity index (χ3v) is 4.77. The molecule has 0 aliphatic carbocycles. The first kappa shape index (κ1) is 17.9. The molecule has 0 unspecified atom stereocenters. The van der Waals surface area contributed by atoms with Crippen molar-refractivity contribution in [1.29, 1.82) is 0 Å². The van der Waals surface area contributed by atoms with Crippen molar-refractivity contribution >= 4 is 0 Å². The highest BCUT2D eigenvalue weighted by Crippen LogP contribution is 2.20. The summed E-state index contributed by atoms with van der Waals surface area (Å²) in [6, 6.07) is 14.3. The van der Waals surface area contributed by atoms with Crippen LogP contribution in [0.25, 0.3) is 0 Å². The van der Waals surface area contributed by atoms with Crippen LogP contribution < -0.4 is 0 Å². The minimum absolute atomic E-state index is 0.157. The predicted octanol–water partition coefficient (Wildman–Crippen LogP) is 2.60. The summed E-state index contributed by atoms with van der Waals surface area (Å²) in [6.45, 7) is 4.42. The average Bonchev–Trinajstić information content (AvgIpc) is 2.59. The lowest BCUT2D eigenvalue weighted by Crippen LogP contribution is -2.52. The van der Waals surface area contributed by atoms with Crippen LogP contribution in [0.5, 0.6) is 5.75 Å². The molecule has 0 saturated carbocycles. The highest BCUT2D eigenvalue weighted by Gasteiger charge is 2.26. The molecule has 5 heteroatoms. The smallest absolute Gasteiger partial charge is 0.123 e. The fourth-order valence-electron chi connectivity index (χ4n) is 3.47. The molecule has 134 valence electrons. The van der Waals surface area contributed by atoms with Crippen molar-refractivity contribution in [3.8, 4) is 5.75 Å². The highest BCUT2D eigenvalue weighted by atomic mass is 19.1. The van der Waals surface area contributed by atoms with Gasteiger partial charge in [0.1, 0.15) is 11.6 Å². The monoisotopic (exact) mass is 344 g/mol. The Kier molecular flexibility index (Phi) is 6.02. The minimum atomic E-state index is -0.216. The van der Waals surface area contributed by atoms with Crippen molar-refractivity contribution in [1.82, 2.24) is 9.80 Å². The van der Waals surface area contributed by atoms with Crippen molar-refractivity contribution in [3.63, 3.8) is 0 Å². The predicted molar refractivity (Wildman–Crippen MR) is 95.7 cm³/mol. The van der Waals surface area contributed by atoms with E-state index in [1.165, 1.54) is 12.1 Å². The maximum atomic E-state index is 13.1. The number of piperazine rings is 1. The number of halogens is 1. The minimum Gasteiger partial charge on any atom is -0.508 e. The number of hydrogen-bond donors (Lipinski definition) is 2. The average molecular weight is 344 g/mol. The van der Waals surface area contributed by atoms with Gasteiger partial charge in [0.05, 0.1) is 0 Å². The van der Waals surface area contributed by atoms with E-state index in [1.807, 2.05) is 24.3 Å². The number of aliphatic hydroxyl groups is 1. The van der Waals surface area contributed by atoms with Gasteiger partial charge in [-0.15, -0.1) is 0 Å². The quantitative estimate of drug-likeness (QED) is 0.846. The van der Waals surface area contributed by atoms with E-state index < -0.39 is 0 Å². The van der Waals surface area contributed by atoms with Crippen molar-refractivity contribution in [2.24, 2.45) is 0 Å². The van der Waals surface area contributed by atoms with Crippen molar-refractivity contribution in [2.45, 2.75) is 25.6 Å². The summed E-state index contributed by atoms with van der Waals surface area (Å²) in [4.78, 5) is 4.72. The molecule has 1 heterocycles. The van der Waals surface area contributed by atoms with Crippen molar-refractivity contribution in [2.75, 3.05) is 26.2 Å². The molecular weight excluding hydrogens is 319 g/mol. The Hall–Kier alpha value is -1.95. The van der Waals surface area contributed by atoms with E-state index in [1.54, 1.807) is 12.1 Å². The number of phenolic OH excluding ortho intramolecular Hbond substituents is 1. The molecule has 0 spiro atoms. The second kappa shape index (κ2) is 8.43. The van der Waals surface area contributed by atoms with E-state index in [0.717, 1.165) is 50.3 Å². The fraction of sp³-hybridized carbons (Fsp3) is 0.400. The van der Waals surface area contributed by atoms with Crippen LogP contribution in [0.15, 0.2) is 48.5 Å². The summed E-state index contributed by atoms with van der Waals surface area (Å²) in [6.07, 6.45) is 0.720. The van der Waals surface area contributed by atoms with E-state index in [2.05, 4.69) is 9.80 Å². The van der Waals surface area contributed by atoms with E-state index in [4.69, 9.17) is 0 Å². The molecule has 1 fully saturated rings. The molecule has 1 aliphatic heterocycles. The summed E-state index contributed by atoms with van der Waals surface area (Å²) in [5.41, 5.74) is 2.18. The lowest BCUT2D eigenvalue weighted by molar-refractivity contribution is 0.0499. The Morgan fingerprint density at radius 3 is 2.52 bits per heavy atom. The normalized spacial score (nSPS) is 19.2. The number of rotatable bonds is 6. The summed E-state index contributed by atoms with van der Waals surface area (Å²) in [7, 11) is 0. The number of benzene rings is 2. The lowest BCUT2D eigenvalue weighted by Gasteiger charge is -2.41. The van der Waals surface area contributed by atoms with Crippen LogP contribution >= 0.6 is 0 Å². The first-order chi connectivity index (χ1) is 12.1. The Balaban J connectivity index is 1.62. The molecular formula is C20H25FN2O2. The third-order valence-electron chi connectivity index (χ3n) is 4.77. The topological polar surface area (TPSA) is 46.9 Å². The zero-order valence-corrected chi connectivity index (χ0v) is 14.3. The van der Waals surface area contributed by atoms with Crippen molar-refractivity contribution in [3.05, 3.63) is 65.5 Å². The summed E-state index contributed by atoms with van der Waals surface area (Å²) < 4.78 is 13.1. The van der Waals surface area contributed by atoms with Gasteiger partial charge in [0.2, 0.25) is 0 Å². The Morgan fingerprint density at radius 2 is 1.80 bits per heavy atom. The van der Waals surface area contributed by atoms with E-state index in [0.29, 0.717) is 5.75 Å². The molecule has 2 aromatic carbocycles. The van der Waals surface area contributed by atoms with Gasteiger partial charge in [-0.25, -0.2) is 4.39 Å². The van der Waals surface area contributed by atoms with Gasteiger partial charge in [-0.2, -0.15) is 0 Å². The van der Waals surface area contributed by atoms with Crippen LogP contribution in [0.3, 0.4) is 0 Å². The molecule has 25 heavy (non-hydrogen) atoms. The van der Waals surface area contributed by atoms with Gasteiger partial charge in [-0.05, 0) is 41.8 Å². The second-order valence-electron chi connectivity index (χ2n) is 6.67. The van der Waals surface area contributed by atoms with Crippen LogP contribution in [0.4, 0.5) is 4.39 Å². The van der Waals surface area contributed by atoms with Crippen molar-refractivity contribution < 1.29 is 14.6 Å². The SMILES string of the molecule is OCC[C@H]1CN(Cc2cccc(O)c2)CCN1Cc1ccc(F)cc1. The molecule has 1 aliphatic rings. The van der Waals surface area contributed by atoms with Gasteiger partial charge in [0.15, 0.2) is 0 Å². The Bertz CT molecular complexity index is 678. The molecule has 2 N–H and O–H groups in total. The number of hydrogen-bond acceptors (Lipinski definition) is 4. The van der Waals surface area contributed by atoms with Gasteiger partial charge in [0.25, 0.3) is 0 Å². The first-order valence-corrected chi connectivity index (χ1v) is 8.73. The third kappa shape index (κ3) is 5.01. The van der Waals surface area contributed by atoms with E-state index >= 15 is 0 Å². The van der Waals surface area contributed by atoms with Crippen LogP contribution in [-0.4, -0.2) is 52.3 Å². The molecule has 0 aromatic heterocycles. The van der Waals surface area contributed by atoms with Crippen LogP contribution in [-0.2, 0) is 13.1 Å². The number of phenols is 1. The Morgan fingerprint density at radius 1 is 1.00 bits per heavy atom. The molecule has 3 rings (SSSR count). The van der Waals surface area contributed by atoms with Gasteiger partial charge in [0, 0.05) is 45.4 Å². The molecule has 1 saturated heterocycles. The molecule has 2 aromatic rings. The first-order valence-electron chi connectivity index (χ1n) is 8.73. The van der Waals surface area contributed by atoms with Crippen LogP contribution in [0.2, 0.25) is 0 Å². The molecule has 0 amide bonds. The Labute approximate surface area is 148 Å². The molecule has 1 atom stereocenters. The number of aliphatic hydroxyl groups excluding tert-OH is 1. The maximum absolute atomic E-state index is 13.1.